The van der Waals surface area contributed by atoms with Crippen molar-refractivity contribution in [2.75, 3.05) is 50.2 Å². The topological polar surface area (TPSA) is 82.2 Å². The monoisotopic (exact) mass is 498 g/mol. The van der Waals surface area contributed by atoms with Crippen LogP contribution in [0.4, 0.5) is 20.6 Å². The van der Waals surface area contributed by atoms with Crippen LogP contribution in [0.15, 0.2) is 42.5 Å². The largest absolute Gasteiger partial charge is 0.383 e. The minimum absolute atomic E-state index is 0.0384. The maximum absolute atomic E-state index is 13.4. The number of halogens is 1. The molecule has 0 aliphatic carbocycles. The van der Waals surface area contributed by atoms with Gasteiger partial charge in [0.05, 0.1) is 6.61 Å². The van der Waals surface area contributed by atoms with Gasteiger partial charge in [0.1, 0.15) is 25.6 Å². The first-order chi connectivity index (χ1) is 17.1. The van der Waals surface area contributed by atoms with Crippen molar-refractivity contribution in [3.05, 3.63) is 59.4 Å². The first-order valence-corrected chi connectivity index (χ1v) is 12.1. The van der Waals surface area contributed by atoms with Crippen LogP contribution in [0.1, 0.15) is 50.7 Å². The number of carbonyl (C=O) groups excluding carboxylic acids is 3. The first kappa shape index (κ1) is 27.1. The molecule has 0 aromatic heterocycles. The molecule has 194 valence electrons. The predicted molar refractivity (Wildman–Crippen MR) is 138 cm³/mol. The minimum Gasteiger partial charge on any atom is -0.383 e. The van der Waals surface area contributed by atoms with E-state index in [0.29, 0.717) is 5.69 Å². The summed E-state index contributed by atoms with van der Waals surface area (Å²) in [5, 5.41) is 3.04. The molecule has 1 saturated heterocycles. The Balaban J connectivity index is 1.76. The summed E-state index contributed by atoms with van der Waals surface area (Å²) in [6.07, 6.45) is 0. The zero-order valence-corrected chi connectivity index (χ0v) is 21.6. The molecule has 1 aliphatic rings. The maximum atomic E-state index is 13.4. The quantitative estimate of drug-likeness (QED) is 0.556. The number of hydrogen-bond acceptors (Lipinski definition) is 4. The summed E-state index contributed by atoms with van der Waals surface area (Å²) in [7, 11) is 1.53. The SMILES string of the molecule is COCCN(CC(=O)N1CC(=O)N(c2ccc(F)cc2)C1)C(=O)Nc1c(C(C)C)cccc1C(C)C. The maximum Gasteiger partial charge on any atom is 0.322 e. The van der Waals surface area contributed by atoms with E-state index >= 15 is 0 Å². The van der Waals surface area contributed by atoms with Crippen LogP contribution in [0.5, 0.6) is 0 Å². The second-order valence-corrected chi connectivity index (χ2v) is 9.50. The van der Waals surface area contributed by atoms with Crippen molar-refractivity contribution in [1.82, 2.24) is 9.80 Å². The first-order valence-electron chi connectivity index (χ1n) is 12.1. The van der Waals surface area contributed by atoms with Crippen molar-refractivity contribution in [3.8, 4) is 0 Å². The molecule has 8 nitrogen and oxygen atoms in total. The van der Waals surface area contributed by atoms with E-state index in [1.54, 1.807) is 0 Å². The normalized spacial score (nSPS) is 13.6. The van der Waals surface area contributed by atoms with E-state index in [2.05, 4.69) is 33.0 Å². The highest BCUT2D eigenvalue weighted by atomic mass is 19.1. The minimum atomic E-state index is -0.406. The Morgan fingerprint density at radius 1 is 1.06 bits per heavy atom. The molecular weight excluding hydrogens is 463 g/mol. The van der Waals surface area contributed by atoms with Gasteiger partial charge in [0, 0.05) is 25.0 Å². The second kappa shape index (κ2) is 12.0. The lowest BCUT2D eigenvalue weighted by Gasteiger charge is -2.27. The van der Waals surface area contributed by atoms with Crippen molar-refractivity contribution in [2.45, 2.75) is 39.5 Å². The number of nitrogens with one attached hydrogen (secondary N) is 1. The van der Waals surface area contributed by atoms with Crippen LogP contribution in [-0.4, -0.2) is 67.7 Å². The van der Waals surface area contributed by atoms with Gasteiger partial charge in [0.25, 0.3) is 0 Å². The number of rotatable bonds is 9. The van der Waals surface area contributed by atoms with Crippen LogP contribution in [0.3, 0.4) is 0 Å². The van der Waals surface area contributed by atoms with Gasteiger partial charge in [-0.05, 0) is 47.2 Å². The van der Waals surface area contributed by atoms with Gasteiger partial charge in [0.2, 0.25) is 11.8 Å². The summed E-state index contributed by atoms with van der Waals surface area (Å²) in [6, 6.07) is 11.1. The third kappa shape index (κ3) is 6.40. The van der Waals surface area contributed by atoms with Crippen molar-refractivity contribution >= 4 is 29.2 Å². The fourth-order valence-electron chi connectivity index (χ4n) is 4.16. The van der Waals surface area contributed by atoms with E-state index in [-0.39, 0.29) is 56.6 Å². The van der Waals surface area contributed by atoms with Crippen LogP contribution in [0, 0.1) is 5.82 Å². The molecule has 4 amide bonds. The van der Waals surface area contributed by atoms with Crippen molar-refractivity contribution in [2.24, 2.45) is 0 Å². The summed E-state index contributed by atoms with van der Waals surface area (Å²) >= 11 is 0. The molecule has 1 heterocycles. The Morgan fingerprint density at radius 2 is 1.67 bits per heavy atom. The second-order valence-electron chi connectivity index (χ2n) is 9.50. The molecule has 1 N–H and O–H groups in total. The molecule has 0 spiro atoms. The lowest BCUT2D eigenvalue weighted by Crippen LogP contribution is -2.45. The third-order valence-electron chi connectivity index (χ3n) is 6.21. The average Bonchev–Trinajstić information content (AvgIpc) is 3.23. The van der Waals surface area contributed by atoms with Crippen LogP contribution >= 0.6 is 0 Å². The molecule has 0 saturated carbocycles. The Bertz CT molecular complexity index is 1060. The number of benzene rings is 2. The highest BCUT2D eigenvalue weighted by Crippen LogP contribution is 2.32. The smallest absolute Gasteiger partial charge is 0.322 e. The van der Waals surface area contributed by atoms with Crippen LogP contribution in [0.25, 0.3) is 0 Å². The van der Waals surface area contributed by atoms with Gasteiger partial charge < -0.3 is 19.9 Å². The van der Waals surface area contributed by atoms with E-state index in [4.69, 9.17) is 4.74 Å². The van der Waals surface area contributed by atoms with Gasteiger partial charge in [-0.2, -0.15) is 0 Å². The molecular formula is C27H35FN4O4. The summed E-state index contributed by atoms with van der Waals surface area (Å²) in [5.74, 6) is -0.643. The van der Waals surface area contributed by atoms with E-state index < -0.39 is 11.8 Å². The molecule has 1 fully saturated rings. The molecule has 0 radical (unpaired) electrons. The van der Waals surface area contributed by atoms with Gasteiger partial charge in [-0.3, -0.25) is 14.5 Å². The van der Waals surface area contributed by atoms with Gasteiger partial charge in [-0.15, -0.1) is 0 Å². The Labute approximate surface area is 212 Å². The fourth-order valence-corrected chi connectivity index (χ4v) is 4.16. The van der Waals surface area contributed by atoms with Crippen molar-refractivity contribution in [1.29, 1.82) is 0 Å². The number of nitrogens with zero attached hydrogens (tertiary/aromatic N) is 3. The van der Waals surface area contributed by atoms with E-state index in [0.717, 1.165) is 16.8 Å². The predicted octanol–water partition coefficient (Wildman–Crippen LogP) is 4.39. The van der Waals surface area contributed by atoms with Gasteiger partial charge in [0.15, 0.2) is 0 Å². The fraction of sp³-hybridized carbons (Fsp3) is 0.444. The number of hydrogen-bond donors (Lipinski definition) is 1. The molecule has 3 rings (SSSR count). The van der Waals surface area contributed by atoms with E-state index in [9.17, 15) is 18.8 Å². The lowest BCUT2D eigenvalue weighted by atomic mass is 9.93. The average molecular weight is 499 g/mol. The molecule has 0 unspecified atom stereocenters. The highest BCUT2D eigenvalue weighted by molar-refractivity contribution is 6.01. The molecule has 0 bridgehead atoms. The van der Waals surface area contributed by atoms with Crippen molar-refractivity contribution in [3.63, 3.8) is 0 Å². The van der Waals surface area contributed by atoms with Gasteiger partial charge in [-0.1, -0.05) is 45.9 Å². The zero-order valence-electron chi connectivity index (χ0n) is 21.6. The Morgan fingerprint density at radius 3 is 2.22 bits per heavy atom. The molecule has 36 heavy (non-hydrogen) atoms. The third-order valence-corrected chi connectivity index (χ3v) is 6.21. The molecule has 0 atom stereocenters. The van der Waals surface area contributed by atoms with Crippen LogP contribution < -0.4 is 10.2 Å². The lowest BCUT2D eigenvalue weighted by molar-refractivity contribution is -0.132. The standard InChI is InChI=1S/C27H35FN4O4/c1-18(2)22-7-6-8-23(19(3)4)26(22)29-27(35)30(13-14-36-5)15-24(33)31-16-25(34)32(17-31)21-11-9-20(28)10-12-21/h6-12,18-19H,13-17H2,1-5H3,(H,29,35). The number of para-hydroxylation sites is 1. The summed E-state index contributed by atoms with van der Waals surface area (Å²) in [4.78, 5) is 43.3. The highest BCUT2D eigenvalue weighted by Gasteiger charge is 2.33. The number of anilines is 2. The number of amides is 4. The number of ether oxygens (including phenoxy) is 1. The summed E-state index contributed by atoms with van der Waals surface area (Å²) in [6.45, 7) is 8.46. The van der Waals surface area contributed by atoms with Crippen LogP contribution in [-0.2, 0) is 14.3 Å². The molecule has 2 aromatic rings. The van der Waals surface area contributed by atoms with Gasteiger partial charge >= 0.3 is 6.03 Å². The van der Waals surface area contributed by atoms with E-state index in [1.165, 1.54) is 46.1 Å². The molecule has 2 aromatic carbocycles. The number of carbonyl (C=O) groups is 3. The zero-order chi connectivity index (χ0) is 26.4. The summed E-state index contributed by atoms with van der Waals surface area (Å²) in [5.41, 5.74) is 3.32. The number of methoxy groups -OCH3 is 1. The van der Waals surface area contributed by atoms with Crippen molar-refractivity contribution < 1.29 is 23.5 Å². The Hall–Kier alpha value is -3.46. The summed E-state index contributed by atoms with van der Waals surface area (Å²) < 4.78 is 18.4. The molecule has 1 aliphatic heterocycles. The van der Waals surface area contributed by atoms with Crippen LogP contribution in [0.2, 0.25) is 0 Å². The van der Waals surface area contributed by atoms with E-state index in [1.807, 2.05) is 18.2 Å². The Kier molecular flexibility index (Phi) is 9.03. The number of urea groups is 1. The van der Waals surface area contributed by atoms with Gasteiger partial charge in [-0.25, -0.2) is 9.18 Å². The molecule has 9 heteroatoms.